The van der Waals surface area contributed by atoms with E-state index >= 15 is 0 Å². The average molecular weight is 335 g/mol. The van der Waals surface area contributed by atoms with Crippen molar-refractivity contribution in [2.75, 3.05) is 12.4 Å². The third-order valence-electron chi connectivity index (χ3n) is 4.53. The Bertz CT molecular complexity index is 878. The molecule has 0 bridgehead atoms. The molecule has 1 atom stereocenters. The van der Waals surface area contributed by atoms with Crippen LogP contribution in [0.15, 0.2) is 29.3 Å². The highest BCUT2D eigenvalue weighted by Gasteiger charge is 2.38. The van der Waals surface area contributed by atoms with Crippen LogP contribution in [0.5, 0.6) is 0 Å². The van der Waals surface area contributed by atoms with E-state index in [2.05, 4.69) is 21.4 Å². The molecule has 1 unspecified atom stereocenters. The number of nitrogens with zero attached hydrogens (tertiary/aromatic N) is 4. The summed E-state index contributed by atoms with van der Waals surface area (Å²) in [5, 5.41) is 23.6. The summed E-state index contributed by atoms with van der Waals surface area (Å²) in [6.45, 7) is 6.07. The fraction of sp³-hybridized carbons (Fsp3) is 0.316. The molecule has 0 spiro atoms. The predicted octanol–water partition coefficient (Wildman–Crippen LogP) is 2.95. The number of aliphatic hydroxyl groups is 1. The first-order valence-electron chi connectivity index (χ1n) is 8.10. The van der Waals surface area contributed by atoms with Crippen molar-refractivity contribution in [3.8, 4) is 6.07 Å². The van der Waals surface area contributed by atoms with Gasteiger partial charge in [0, 0.05) is 19.3 Å². The van der Waals surface area contributed by atoms with Crippen LogP contribution in [0.4, 0.5) is 11.5 Å². The van der Waals surface area contributed by atoms with Crippen LogP contribution in [0.25, 0.3) is 0 Å². The minimum absolute atomic E-state index is 0.342. The molecule has 6 heteroatoms. The molecule has 1 aromatic heterocycles. The highest BCUT2D eigenvalue weighted by atomic mass is 16.3. The zero-order chi connectivity index (χ0) is 18.2. The van der Waals surface area contributed by atoms with E-state index in [0.717, 1.165) is 5.56 Å². The van der Waals surface area contributed by atoms with Gasteiger partial charge in [0.05, 0.1) is 17.6 Å². The van der Waals surface area contributed by atoms with E-state index in [9.17, 15) is 10.4 Å². The summed E-state index contributed by atoms with van der Waals surface area (Å²) in [5.41, 5.74) is 2.98. The number of anilines is 1. The Hall–Kier alpha value is -2.91. The summed E-state index contributed by atoms with van der Waals surface area (Å²) in [5.74, 6) is 0.471. The molecule has 2 N–H and O–H groups in total. The molecule has 1 aromatic carbocycles. The zero-order valence-corrected chi connectivity index (χ0v) is 14.8. The summed E-state index contributed by atoms with van der Waals surface area (Å²) in [4.78, 5) is 10.7. The van der Waals surface area contributed by atoms with Crippen molar-refractivity contribution in [2.24, 2.45) is 4.99 Å². The van der Waals surface area contributed by atoms with E-state index in [1.54, 1.807) is 25.2 Å². The first-order valence-corrected chi connectivity index (χ1v) is 8.10. The lowest BCUT2D eigenvalue weighted by atomic mass is 9.95. The molecule has 0 saturated carbocycles. The third-order valence-corrected chi connectivity index (χ3v) is 4.53. The minimum Gasteiger partial charge on any atom is -0.372 e. The molecule has 2 heterocycles. The van der Waals surface area contributed by atoms with Gasteiger partial charge in [-0.3, -0.25) is 0 Å². The molecule has 1 aliphatic rings. The van der Waals surface area contributed by atoms with Gasteiger partial charge in [0.25, 0.3) is 0 Å². The number of pyridine rings is 1. The Balaban J connectivity index is 2.06. The number of fused-ring (bicyclic) bond motifs is 1. The number of aromatic nitrogens is 1. The molecule has 0 saturated heterocycles. The first-order chi connectivity index (χ1) is 11.9. The van der Waals surface area contributed by atoms with Gasteiger partial charge < -0.3 is 15.3 Å². The van der Waals surface area contributed by atoms with Crippen LogP contribution < -0.4 is 5.32 Å². The van der Waals surface area contributed by atoms with Crippen molar-refractivity contribution in [3.05, 3.63) is 52.2 Å². The maximum atomic E-state index is 11.2. The summed E-state index contributed by atoms with van der Waals surface area (Å²) in [6, 6.07) is 10.3. The van der Waals surface area contributed by atoms with Crippen LogP contribution >= 0.6 is 0 Å². The second kappa shape index (κ2) is 6.19. The van der Waals surface area contributed by atoms with Gasteiger partial charge >= 0.3 is 0 Å². The third kappa shape index (κ3) is 2.83. The number of aryl methyl sites for hydroxylation is 2. The van der Waals surface area contributed by atoms with Gasteiger partial charge in [-0.15, -0.1) is 0 Å². The van der Waals surface area contributed by atoms with Crippen LogP contribution in [0.2, 0.25) is 0 Å². The summed E-state index contributed by atoms with van der Waals surface area (Å²) < 4.78 is 0. The van der Waals surface area contributed by atoms with Crippen LogP contribution in [-0.2, 0) is 12.3 Å². The van der Waals surface area contributed by atoms with Crippen molar-refractivity contribution in [2.45, 2.75) is 33.0 Å². The number of nitriles is 1. The van der Waals surface area contributed by atoms with Crippen LogP contribution in [0.1, 0.15) is 34.9 Å². The summed E-state index contributed by atoms with van der Waals surface area (Å²) in [6.07, 6.45) is 1.60. The molecule has 0 amide bonds. The highest BCUT2D eigenvalue weighted by molar-refractivity contribution is 5.78. The van der Waals surface area contributed by atoms with E-state index in [0.29, 0.717) is 34.9 Å². The van der Waals surface area contributed by atoms with Gasteiger partial charge in [-0.2, -0.15) is 5.26 Å². The van der Waals surface area contributed by atoms with Crippen LogP contribution in [0.3, 0.4) is 0 Å². The Morgan fingerprint density at radius 1 is 1.28 bits per heavy atom. The van der Waals surface area contributed by atoms with Crippen molar-refractivity contribution < 1.29 is 5.11 Å². The second-order valence-corrected chi connectivity index (χ2v) is 6.39. The number of nitrogens with one attached hydrogen (secondary N) is 1. The van der Waals surface area contributed by atoms with Gasteiger partial charge in [-0.25, -0.2) is 9.98 Å². The average Bonchev–Trinajstić information content (AvgIpc) is 2.58. The SMILES string of the molecule is CNc1nc(C)c2c(c1C#N)N=CN(Cc1ccc(C)cc1)C2(C)O. The molecule has 6 nitrogen and oxygen atoms in total. The Morgan fingerprint density at radius 3 is 2.56 bits per heavy atom. The molecule has 1 aliphatic heterocycles. The van der Waals surface area contributed by atoms with Crippen molar-refractivity contribution >= 4 is 17.8 Å². The summed E-state index contributed by atoms with van der Waals surface area (Å²) >= 11 is 0. The lowest BCUT2D eigenvalue weighted by Gasteiger charge is -2.40. The Kier molecular flexibility index (Phi) is 4.19. The summed E-state index contributed by atoms with van der Waals surface area (Å²) in [7, 11) is 1.71. The molecule has 2 aromatic rings. The van der Waals surface area contributed by atoms with Gasteiger partial charge in [0.2, 0.25) is 0 Å². The molecular weight excluding hydrogens is 314 g/mol. The van der Waals surface area contributed by atoms with E-state index < -0.39 is 5.72 Å². The van der Waals surface area contributed by atoms with E-state index in [-0.39, 0.29) is 0 Å². The van der Waals surface area contributed by atoms with Gasteiger partial charge in [0.1, 0.15) is 17.5 Å². The largest absolute Gasteiger partial charge is 0.372 e. The normalized spacial score (nSPS) is 18.6. The Morgan fingerprint density at radius 2 is 1.96 bits per heavy atom. The van der Waals surface area contributed by atoms with E-state index in [1.807, 2.05) is 38.1 Å². The van der Waals surface area contributed by atoms with E-state index in [4.69, 9.17) is 0 Å². The fourth-order valence-electron chi connectivity index (χ4n) is 3.14. The molecule has 128 valence electrons. The standard InChI is InChI=1S/C19H21N5O/c1-12-5-7-14(8-6-12)10-24-11-22-17-15(9-20)18(21-4)23-13(2)16(17)19(24,3)25/h5-8,11,25H,10H2,1-4H3,(H,21,23). The molecular formula is C19H21N5O. The topological polar surface area (TPSA) is 84.5 Å². The molecule has 0 aliphatic carbocycles. The van der Waals surface area contributed by atoms with Crippen LogP contribution in [-0.4, -0.2) is 28.4 Å². The number of rotatable bonds is 3. The smallest absolute Gasteiger partial charge is 0.166 e. The predicted molar refractivity (Wildman–Crippen MR) is 97.7 cm³/mol. The molecule has 0 radical (unpaired) electrons. The molecule has 25 heavy (non-hydrogen) atoms. The van der Waals surface area contributed by atoms with Crippen molar-refractivity contribution in [1.82, 2.24) is 9.88 Å². The van der Waals surface area contributed by atoms with Crippen molar-refractivity contribution in [3.63, 3.8) is 0 Å². The monoisotopic (exact) mass is 335 g/mol. The highest BCUT2D eigenvalue weighted by Crippen LogP contribution is 2.42. The lowest BCUT2D eigenvalue weighted by Crippen LogP contribution is -2.45. The van der Waals surface area contributed by atoms with Gasteiger partial charge in [-0.05, 0) is 26.3 Å². The van der Waals surface area contributed by atoms with E-state index in [1.165, 1.54) is 5.56 Å². The Labute approximate surface area is 147 Å². The molecule has 3 rings (SSSR count). The first kappa shape index (κ1) is 16.9. The van der Waals surface area contributed by atoms with Gasteiger partial charge in [0.15, 0.2) is 5.72 Å². The number of aliphatic imine (C=N–C) groups is 1. The second-order valence-electron chi connectivity index (χ2n) is 6.39. The number of hydrogen-bond acceptors (Lipinski definition) is 6. The maximum Gasteiger partial charge on any atom is 0.166 e. The fourth-order valence-corrected chi connectivity index (χ4v) is 3.14. The maximum absolute atomic E-state index is 11.2. The zero-order valence-electron chi connectivity index (χ0n) is 14.8. The van der Waals surface area contributed by atoms with Crippen LogP contribution in [0, 0.1) is 25.2 Å². The minimum atomic E-state index is -1.31. The molecule has 0 fully saturated rings. The number of hydrogen-bond donors (Lipinski definition) is 2. The lowest BCUT2D eigenvalue weighted by molar-refractivity contribution is -0.0631. The number of benzene rings is 1. The van der Waals surface area contributed by atoms with Crippen molar-refractivity contribution in [1.29, 1.82) is 5.26 Å². The quantitative estimate of drug-likeness (QED) is 0.901. The van der Waals surface area contributed by atoms with Gasteiger partial charge in [-0.1, -0.05) is 29.8 Å².